The van der Waals surface area contributed by atoms with E-state index in [9.17, 15) is 0 Å². The first-order chi connectivity index (χ1) is 7.72. The maximum absolute atomic E-state index is 5.87. The lowest BCUT2D eigenvalue weighted by atomic mass is 10.1. The van der Waals surface area contributed by atoms with Gasteiger partial charge in [-0.05, 0) is 50.5 Å². The molecule has 0 atom stereocenters. The van der Waals surface area contributed by atoms with Crippen LogP contribution in [0.2, 0.25) is 0 Å². The van der Waals surface area contributed by atoms with Gasteiger partial charge in [-0.3, -0.25) is 0 Å². The van der Waals surface area contributed by atoms with E-state index in [1.54, 1.807) is 0 Å². The fraction of sp³-hybridized carbons (Fsp3) is 0.571. The van der Waals surface area contributed by atoms with Crippen molar-refractivity contribution in [2.75, 3.05) is 17.2 Å². The molecule has 0 heterocycles. The van der Waals surface area contributed by atoms with Crippen molar-refractivity contribution in [1.29, 1.82) is 0 Å². The molecule has 0 saturated heterocycles. The summed E-state index contributed by atoms with van der Waals surface area (Å²) in [7, 11) is 0. The molecular weight excluding hydrogens is 196 g/mol. The molecule has 16 heavy (non-hydrogen) atoms. The summed E-state index contributed by atoms with van der Waals surface area (Å²) in [5.41, 5.74) is 9.28. The highest BCUT2D eigenvalue weighted by Crippen LogP contribution is 2.29. The normalized spacial score (nSPS) is 16.6. The van der Waals surface area contributed by atoms with Crippen LogP contribution in [0.1, 0.15) is 38.2 Å². The molecule has 1 aromatic rings. The van der Waals surface area contributed by atoms with Gasteiger partial charge in [0.1, 0.15) is 0 Å². The van der Waals surface area contributed by atoms with Gasteiger partial charge < -0.3 is 10.6 Å². The van der Waals surface area contributed by atoms with Gasteiger partial charge in [-0.2, -0.15) is 0 Å². The second kappa shape index (κ2) is 4.77. The Balaban J connectivity index is 2.22. The molecule has 1 fully saturated rings. The fourth-order valence-electron chi connectivity index (χ4n) is 2.71. The molecule has 1 aliphatic rings. The number of hydrogen-bond acceptors (Lipinski definition) is 2. The van der Waals surface area contributed by atoms with Gasteiger partial charge in [-0.1, -0.05) is 12.8 Å². The largest absolute Gasteiger partial charge is 0.399 e. The number of benzene rings is 1. The third-order valence-electron chi connectivity index (χ3n) is 3.69. The number of anilines is 2. The van der Waals surface area contributed by atoms with Crippen LogP contribution in [-0.4, -0.2) is 12.6 Å². The Bertz CT molecular complexity index is 354. The second-order valence-corrected chi connectivity index (χ2v) is 4.77. The van der Waals surface area contributed by atoms with Crippen LogP contribution < -0.4 is 10.6 Å². The summed E-state index contributed by atoms with van der Waals surface area (Å²) in [6.45, 7) is 5.42. The van der Waals surface area contributed by atoms with Crippen LogP contribution >= 0.6 is 0 Å². The number of hydrogen-bond donors (Lipinski definition) is 1. The molecule has 1 aliphatic carbocycles. The topological polar surface area (TPSA) is 29.3 Å². The van der Waals surface area contributed by atoms with E-state index in [1.165, 1.54) is 36.9 Å². The minimum atomic E-state index is 0.744. The lowest BCUT2D eigenvalue weighted by Crippen LogP contribution is -2.32. The summed E-state index contributed by atoms with van der Waals surface area (Å²) in [5.74, 6) is 0. The van der Waals surface area contributed by atoms with E-state index < -0.39 is 0 Å². The maximum atomic E-state index is 5.87. The van der Waals surface area contributed by atoms with Crippen LogP contribution in [0.4, 0.5) is 11.4 Å². The molecule has 2 nitrogen and oxygen atoms in total. The SMILES string of the molecule is CCN(c1ccc(N)c(C)c1)C1CCCC1. The zero-order chi connectivity index (χ0) is 11.5. The number of nitrogen functional groups attached to an aromatic ring is 1. The Kier molecular flexibility index (Phi) is 3.37. The first-order valence-corrected chi connectivity index (χ1v) is 6.35. The van der Waals surface area contributed by atoms with Gasteiger partial charge in [0.15, 0.2) is 0 Å². The minimum Gasteiger partial charge on any atom is -0.399 e. The van der Waals surface area contributed by atoms with Crippen molar-refractivity contribution in [1.82, 2.24) is 0 Å². The van der Waals surface area contributed by atoms with E-state index in [0.29, 0.717) is 0 Å². The number of nitrogens with two attached hydrogens (primary N) is 1. The molecule has 0 unspecified atom stereocenters. The quantitative estimate of drug-likeness (QED) is 0.788. The molecule has 0 bridgehead atoms. The summed E-state index contributed by atoms with van der Waals surface area (Å²) in [6.07, 6.45) is 5.46. The molecule has 0 amide bonds. The van der Waals surface area contributed by atoms with Crippen molar-refractivity contribution in [2.45, 2.75) is 45.6 Å². The van der Waals surface area contributed by atoms with E-state index in [0.717, 1.165) is 18.3 Å². The molecular formula is C14H22N2. The maximum Gasteiger partial charge on any atom is 0.0372 e. The summed E-state index contributed by atoms with van der Waals surface area (Å²) in [5, 5.41) is 0. The van der Waals surface area contributed by atoms with Crippen LogP contribution in [0.25, 0.3) is 0 Å². The first-order valence-electron chi connectivity index (χ1n) is 6.35. The van der Waals surface area contributed by atoms with Crippen LogP contribution in [0, 0.1) is 6.92 Å². The third kappa shape index (κ3) is 2.16. The zero-order valence-electron chi connectivity index (χ0n) is 10.4. The molecule has 0 radical (unpaired) electrons. The molecule has 1 aromatic carbocycles. The molecule has 0 spiro atoms. The first kappa shape index (κ1) is 11.3. The summed E-state index contributed by atoms with van der Waals surface area (Å²) >= 11 is 0. The van der Waals surface area contributed by atoms with Gasteiger partial charge in [0, 0.05) is 24.0 Å². The molecule has 88 valence electrons. The van der Waals surface area contributed by atoms with Crippen LogP contribution in [0.3, 0.4) is 0 Å². The molecule has 0 aromatic heterocycles. The lowest BCUT2D eigenvalue weighted by molar-refractivity contribution is 0.620. The van der Waals surface area contributed by atoms with E-state index in [4.69, 9.17) is 5.73 Å². The highest BCUT2D eigenvalue weighted by molar-refractivity contribution is 5.58. The number of nitrogens with zero attached hydrogens (tertiary/aromatic N) is 1. The fourth-order valence-corrected chi connectivity index (χ4v) is 2.71. The van der Waals surface area contributed by atoms with Crippen LogP contribution in [0.15, 0.2) is 18.2 Å². The molecule has 1 saturated carbocycles. The third-order valence-corrected chi connectivity index (χ3v) is 3.69. The predicted molar refractivity (Wildman–Crippen MR) is 70.9 cm³/mol. The second-order valence-electron chi connectivity index (χ2n) is 4.77. The Morgan fingerprint density at radius 2 is 2.00 bits per heavy atom. The van der Waals surface area contributed by atoms with E-state index in [1.807, 2.05) is 6.07 Å². The van der Waals surface area contributed by atoms with Crippen molar-refractivity contribution in [3.05, 3.63) is 23.8 Å². The van der Waals surface area contributed by atoms with Crippen LogP contribution in [-0.2, 0) is 0 Å². The van der Waals surface area contributed by atoms with E-state index in [2.05, 4.69) is 30.9 Å². The molecule has 2 rings (SSSR count). The van der Waals surface area contributed by atoms with Crippen molar-refractivity contribution in [3.63, 3.8) is 0 Å². The van der Waals surface area contributed by atoms with Crippen molar-refractivity contribution < 1.29 is 0 Å². The molecule has 0 aliphatic heterocycles. The van der Waals surface area contributed by atoms with Gasteiger partial charge in [-0.25, -0.2) is 0 Å². The predicted octanol–water partition coefficient (Wildman–Crippen LogP) is 3.35. The Labute approximate surface area is 98.4 Å². The van der Waals surface area contributed by atoms with E-state index in [-0.39, 0.29) is 0 Å². The standard InChI is InChI=1S/C14H22N2/c1-3-16(12-6-4-5-7-12)13-8-9-14(15)11(2)10-13/h8-10,12H,3-7,15H2,1-2H3. The lowest BCUT2D eigenvalue weighted by Gasteiger charge is -2.30. The van der Waals surface area contributed by atoms with Crippen molar-refractivity contribution in [2.24, 2.45) is 0 Å². The van der Waals surface area contributed by atoms with Gasteiger partial charge in [0.05, 0.1) is 0 Å². The number of aryl methyl sites for hydroxylation is 1. The summed E-state index contributed by atoms with van der Waals surface area (Å²) in [4.78, 5) is 2.53. The average molecular weight is 218 g/mol. The average Bonchev–Trinajstić information content (AvgIpc) is 2.78. The molecule has 2 N–H and O–H groups in total. The summed E-state index contributed by atoms with van der Waals surface area (Å²) in [6, 6.07) is 7.15. The highest BCUT2D eigenvalue weighted by atomic mass is 15.2. The van der Waals surface area contributed by atoms with Gasteiger partial charge >= 0.3 is 0 Å². The monoisotopic (exact) mass is 218 g/mol. The van der Waals surface area contributed by atoms with Gasteiger partial charge in [0.25, 0.3) is 0 Å². The van der Waals surface area contributed by atoms with Crippen molar-refractivity contribution in [3.8, 4) is 0 Å². The smallest absolute Gasteiger partial charge is 0.0372 e. The Morgan fingerprint density at radius 1 is 1.31 bits per heavy atom. The van der Waals surface area contributed by atoms with Crippen LogP contribution in [0.5, 0.6) is 0 Å². The van der Waals surface area contributed by atoms with Gasteiger partial charge in [0.2, 0.25) is 0 Å². The number of rotatable bonds is 3. The van der Waals surface area contributed by atoms with Crippen molar-refractivity contribution >= 4 is 11.4 Å². The summed E-state index contributed by atoms with van der Waals surface area (Å²) < 4.78 is 0. The minimum absolute atomic E-state index is 0.744. The Hall–Kier alpha value is -1.18. The van der Waals surface area contributed by atoms with E-state index >= 15 is 0 Å². The highest BCUT2D eigenvalue weighted by Gasteiger charge is 2.21. The zero-order valence-corrected chi connectivity index (χ0v) is 10.4. The molecule has 2 heteroatoms. The Morgan fingerprint density at radius 3 is 2.56 bits per heavy atom. The van der Waals surface area contributed by atoms with Gasteiger partial charge in [-0.15, -0.1) is 0 Å².